The fourth-order valence-electron chi connectivity index (χ4n) is 1.03. The molecule has 0 N–H and O–H groups in total. The third kappa shape index (κ3) is 7.53. The number of ether oxygens (including phenoxy) is 1. The molecule has 80 valence electrons. The van der Waals surface area contributed by atoms with Crippen LogP contribution in [0.15, 0.2) is 12.2 Å². The van der Waals surface area contributed by atoms with Crippen LogP contribution < -0.4 is 0 Å². The van der Waals surface area contributed by atoms with Gasteiger partial charge in [0.15, 0.2) is 0 Å². The quantitative estimate of drug-likeness (QED) is 0.373. The van der Waals surface area contributed by atoms with Gasteiger partial charge in [0.25, 0.3) is 0 Å². The highest BCUT2D eigenvalue weighted by Crippen LogP contribution is 2.04. The lowest BCUT2D eigenvalue weighted by atomic mass is 10.2. The Kier molecular flexibility index (Phi) is 6.72. The summed E-state index contributed by atoms with van der Waals surface area (Å²) >= 11 is 0. The van der Waals surface area contributed by atoms with Gasteiger partial charge in [0.2, 0.25) is 0 Å². The van der Waals surface area contributed by atoms with Crippen molar-refractivity contribution in [3.05, 3.63) is 12.2 Å². The van der Waals surface area contributed by atoms with Gasteiger partial charge >= 0.3 is 5.97 Å². The number of carbonyl (C=O) groups is 2. The monoisotopic (exact) mass is 198 g/mol. The summed E-state index contributed by atoms with van der Waals surface area (Å²) in [5.74, 6) is -0.582. The molecular weight excluding hydrogens is 180 g/mol. The third-order valence-corrected chi connectivity index (χ3v) is 1.70. The van der Waals surface area contributed by atoms with Crippen molar-refractivity contribution in [3.8, 4) is 0 Å². The zero-order valence-electron chi connectivity index (χ0n) is 9.08. The average molecular weight is 198 g/mol. The zero-order chi connectivity index (χ0) is 11.0. The normalized spacial score (nSPS) is 12.8. The Balaban J connectivity index is 3.65. The molecule has 0 rings (SSSR count). The van der Waals surface area contributed by atoms with Crippen LogP contribution in [-0.2, 0) is 14.3 Å². The molecule has 0 aliphatic heterocycles. The van der Waals surface area contributed by atoms with Crippen LogP contribution in [0.4, 0.5) is 0 Å². The summed E-state index contributed by atoms with van der Waals surface area (Å²) in [4.78, 5) is 21.6. The van der Waals surface area contributed by atoms with E-state index in [4.69, 9.17) is 4.74 Å². The molecule has 0 spiro atoms. The molecule has 0 radical (unpaired) electrons. The summed E-state index contributed by atoms with van der Waals surface area (Å²) in [6, 6.07) is 0. The van der Waals surface area contributed by atoms with Gasteiger partial charge in [-0.2, -0.15) is 0 Å². The average Bonchev–Trinajstić information content (AvgIpc) is 2.02. The van der Waals surface area contributed by atoms with Crippen LogP contribution in [0, 0.1) is 0 Å². The second-order valence-corrected chi connectivity index (χ2v) is 3.33. The van der Waals surface area contributed by atoms with E-state index in [0.29, 0.717) is 0 Å². The van der Waals surface area contributed by atoms with Crippen molar-refractivity contribution in [2.45, 2.75) is 46.1 Å². The van der Waals surface area contributed by atoms with Gasteiger partial charge in [-0.1, -0.05) is 12.2 Å². The summed E-state index contributed by atoms with van der Waals surface area (Å²) in [5.41, 5.74) is 0. The summed E-state index contributed by atoms with van der Waals surface area (Å²) in [7, 11) is 0. The van der Waals surface area contributed by atoms with Gasteiger partial charge in [-0.15, -0.1) is 0 Å². The van der Waals surface area contributed by atoms with Gasteiger partial charge in [-0.05, 0) is 33.6 Å². The minimum atomic E-state index is -0.425. The van der Waals surface area contributed by atoms with E-state index in [-0.39, 0.29) is 18.3 Å². The predicted molar refractivity (Wildman–Crippen MR) is 54.9 cm³/mol. The smallest absolute Gasteiger partial charge is 0.313 e. The van der Waals surface area contributed by atoms with Gasteiger partial charge in [-0.25, -0.2) is 0 Å². The maximum atomic E-state index is 11.0. The number of allylic oxidation sites excluding steroid dienone is 2. The predicted octanol–water partition coefficient (Wildman–Crippen LogP) is 2.25. The van der Waals surface area contributed by atoms with E-state index in [2.05, 4.69) is 0 Å². The molecule has 0 aromatic carbocycles. The number of hydrogen-bond donors (Lipinski definition) is 0. The number of Topliss-reactive ketones (excluding diaryl/α,β-unsaturated/α-hetero) is 1. The highest BCUT2D eigenvalue weighted by molar-refractivity contribution is 5.94. The number of esters is 1. The van der Waals surface area contributed by atoms with Crippen molar-refractivity contribution in [1.29, 1.82) is 0 Å². The Labute approximate surface area is 85.1 Å². The van der Waals surface area contributed by atoms with Gasteiger partial charge < -0.3 is 4.74 Å². The van der Waals surface area contributed by atoms with E-state index >= 15 is 0 Å². The first-order valence-corrected chi connectivity index (χ1v) is 4.86. The van der Waals surface area contributed by atoms with E-state index in [9.17, 15) is 9.59 Å². The van der Waals surface area contributed by atoms with Crippen molar-refractivity contribution < 1.29 is 14.3 Å². The minimum Gasteiger partial charge on any atom is -0.462 e. The van der Waals surface area contributed by atoms with Crippen molar-refractivity contribution in [1.82, 2.24) is 0 Å². The molecule has 0 aromatic rings. The van der Waals surface area contributed by atoms with Crippen molar-refractivity contribution >= 4 is 11.8 Å². The van der Waals surface area contributed by atoms with Crippen LogP contribution in [0.5, 0.6) is 0 Å². The van der Waals surface area contributed by atoms with Gasteiger partial charge in [0.05, 0.1) is 6.10 Å². The number of carbonyl (C=O) groups excluding carboxylic acids is 2. The van der Waals surface area contributed by atoms with E-state index in [1.165, 1.54) is 6.92 Å². The molecule has 1 atom stereocenters. The first kappa shape index (κ1) is 12.9. The second kappa shape index (κ2) is 7.30. The lowest BCUT2D eigenvalue weighted by Gasteiger charge is -2.11. The third-order valence-electron chi connectivity index (χ3n) is 1.70. The van der Waals surface area contributed by atoms with Gasteiger partial charge in [0, 0.05) is 0 Å². The molecule has 3 heteroatoms. The first-order chi connectivity index (χ1) is 6.56. The Morgan fingerprint density at radius 3 is 2.57 bits per heavy atom. The Morgan fingerprint density at radius 2 is 2.07 bits per heavy atom. The lowest BCUT2D eigenvalue weighted by Crippen LogP contribution is -2.16. The largest absolute Gasteiger partial charge is 0.462 e. The van der Waals surface area contributed by atoms with Crippen molar-refractivity contribution in [2.75, 3.05) is 0 Å². The Hall–Kier alpha value is -1.12. The van der Waals surface area contributed by atoms with E-state index in [0.717, 1.165) is 12.8 Å². The Bertz CT molecular complexity index is 219. The lowest BCUT2D eigenvalue weighted by molar-refractivity contribution is -0.150. The van der Waals surface area contributed by atoms with E-state index in [1.807, 2.05) is 26.0 Å². The molecule has 0 saturated carbocycles. The number of ketones is 1. The van der Waals surface area contributed by atoms with Crippen LogP contribution in [0.2, 0.25) is 0 Å². The maximum Gasteiger partial charge on any atom is 0.313 e. The molecule has 0 amide bonds. The molecule has 14 heavy (non-hydrogen) atoms. The molecule has 0 fully saturated rings. The molecule has 0 heterocycles. The summed E-state index contributed by atoms with van der Waals surface area (Å²) < 4.78 is 5.01. The summed E-state index contributed by atoms with van der Waals surface area (Å²) in [5, 5.41) is 0. The number of rotatable bonds is 6. The Morgan fingerprint density at radius 1 is 1.43 bits per heavy atom. The van der Waals surface area contributed by atoms with Gasteiger partial charge in [-0.3, -0.25) is 9.59 Å². The van der Waals surface area contributed by atoms with Crippen LogP contribution in [0.3, 0.4) is 0 Å². The summed E-state index contributed by atoms with van der Waals surface area (Å²) in [6.07, 6.45) is 5.45. The minimum absolute atomic E-state index is 0.113. The zero-order valence-corrected chi connectivity index (χ0v) is 9.08. The van der Waals surface area contributed by atoms with Crippen LogP contribution in [0.1, 0.15) is 40.0 Å². The molecule has 3 nitrogen and oxygen atoms in total. The van der Waals surface area contributed by atoms with Crippen LogP contribution in [0.25, 0.3) is 0 Å². The molecule has 0 aromatic heterocycles. The maximum absolute atomic E-state index is 11.0. The number of hydrogen-bond acceptors (Lipinski definition) is 3. The highest BCUT2D eigenvalue weighted by Gasteiger charge is 2.10. The summed E-state index contributed by atoms with van der Waals surface area (Å²) in [6.45, 7) is 5.17. The molecule has 0 saturated heterocycles. The van der Waals surface area contributed by atoms with Crippen molar-refractivity contribution in [2.24, 2.45) is 0 Å². The van der Waals surface area contributed by atoms with E-state index in [1.54, 1.807) is 0 Å². The molecular formula is C11H18O3. The molecule has 1 unspecified atom stereocenters. The fourth-order valence-corrected chi connectivity index (χ4v) is 1.03. The van der Waals surface area contributed by atoms with Crippen LogP contribution >= 0.6 is 0 Å². The molecule has 0 bridgehead atoms. The second-order valence-electron chi connectivity index (χ2n) is 3.33. The fraction of sp³-hybridized carbons (Fsp3) is 0.636. The first-order valence-electron chi connectivity index (χ1n) is 4.86. The standard InChI is InChI=1S/C11H18O3/c1-4-5-6-7-10(3)14-11(13)8-9(2)12/h4-5,10H,6-8H2,1-3H3. The SMILES string of the molecule is CC=CCCC(C)OC(=O)CC(C)=O. The van der Waals surface area contributed by atoms with Gasteiger partial charge in [0.1, 0.15) is 12.2 Å². The van der Waals surface area contributed by atoms with Crippen molar-refractivity contribution in [3.63, 3.8) is 0 Å². The topological polar surface area (TPSA) is 43.4 Å². The molecule has 0 aliphatic rings. The molecule has 0 aliphatic carbocycles. The van der Waals surface area contributed by atoms with Crippen LogP contribution in [-0.4, -0.2) is 17.9 Å². The highest BCUT2D eigenvalue weighted by atomic mass is 16.5. The van der Waals surface area contributed by atoms with E-state index < -0.39 is 5.97 Å².